The highest BCUT2D eigenvalue weighted by Crippen LogP contribution is 2.40. The number of likely N-dealkylation sites (tertiary alicyclic amines) is 1. The van der Waals surface area contributed by atoms with Gasteiger partial charge < -0.3 is 19.6 Å². The fourth-order valence-corrected chi connectivity index (χ4v) is 7.71. The van der Waals surface area contributed by atoms with E-state index in [-0.39, 0.29) is 36.2 Å². The average molecular weight is 712 g/mol. The zero-order valence-electron chi connectivity index (χ0n) is 28.9. The minimum absolute atomic E-state index is 0. The standard InChI is InChI=1S/C43H41N5O3.ClH/c49-40(24-29-10-3-1-4-11-29)35-16-8-17-36(35)42-44-28-38(46-42)32-14-7-15-34(26-32)51-33-21-19-31(20-22-33)37-27-45-43(47-37)39-18-9-23-48(39)41(50)25-30-12-5-2-6-13-30;/h1-7,10-15,19-22,26-28,35-36,39H,8-9,16-18,23-25H2,(H,44,46)(H,45,47);1H/t35?,36-,39-;/m1./s1. The second kappa shape index (κ2) is 15.8. The molecule has 2 fully saturated rings. The molecule has 1 unspecified atom stereocenters. The number of hydrogen-bond donors (Lipinski definition) is 2. The van der Waals surface area contributed by atoms with Crippen LogP contribution in [0.1, 0.15) is 66.8 Å². The number of ketones is 1. The van der Waals surface area contributed by atoms with Gasteiger partial charge in [-0.15, -0.1) is 12.4 Å². The maximum atomic E-state index is 13.3. The summed E-state index contributed by atoms with van der Waals surface area (Å²) in [6.07, 6.45) is 9.34. The van der Waals surface area contributed by atoms with Crippen molar-refractivity contribution in [1.29, 1.82) is 0 Å². The summed E-state index contributed by atoms with van der Waals surface area (Å²) in [6, 6.07) is 35.8. The van der Waals surface area contributed by atoms with Crippen LogP contribution in [0.2, 0.25) is 0 Å². The van der Waals surface area contributed by atoms with Gasteiger partial charge in [-0.1, -0.05) is 79.2 Å². The van der Waals surface area contributed by atoms with Crippen molar-refractivity contribution in [3.8, 4) is 34.0 Å². The molecule has 0 radical (unpaired) electrons. The Kier molecular flexibility index (Phi) is 10.6. The lowest BCUT2D eigenvalue weighted by Crippen LogP contribution is -2.32. The number of halogens is 1. The van der Waals surface area contributed by atoms with Crippen LogP contribution in [0.15, 0.2) is 122 Å². The minimum atomic E-state index is -0.0440. The minimum Gasteiger partial charge on any atom is -0.457 e. The van der Waals surface area contributed by atoms with E-state index in [1.165, 1.54) is 0 Å². The molecule has 3 heterocycles. The van der Waals surface area contributed by atoms with Crippen LogP contribution >= 0.6 is 12.4 Å². The van der Waals surface area contributed by atoms with E-state index in [0.717, 1.165) is 95.4 Å². The number of aromatic amines is 2. The molecule has 0 spiro atoms. The van der Waals surface area contributed by atoms with Crippen molar-refractivity contribution in [2.75, 3.05) is 6.54 Å². The lowest BCUT2D eigenvalue weighted by Gasteiger charge is -2.23. The summed E-state index contributed by atoms with van der Waals surface area (Å²) in [5, 5.41) is 0. The lowest BCUT2D eigenvalue weighted by molar-refractivity contribution is -0.131. The zero-order valence-corrected chi connectivity index (χ0v) is 29.7. The maximum absolute atomic E-state index is 13.3. The molecule has 9 heteroatoms. The molecule has 2 N–H and O–H groups in total. The van der Waals surface area contributed by atoms with E-state index in [9.17, 15) is 9.59 Å². The van der Waals surface area contributed by atoms with E-state index in [0.29, 0.717) is 18.6 Å². The number of nitrogens with one attached hydrogen (secondary N) is 2. The maximum Gasteiger partial charge on any atom is 0.227 e. The highest BCUT2D eigenvalue weighted by atomic mass is 35.5. The molecule has 3 atom stereocenters. The number of carbonyl (C=O) groups excluding carboxylic acids is 2. The highest BCUT2D eigenvalue weighted by Gasteiger charge is 2.35. The third kappa shape index (κ3) is 7.72. The predicted octanol–water partition coefficient (Wildman–Crippen LogP) is 9.28. The Hall–Kier alpha value is -5.47. The van der Waals surface area contributed by atoms with Crippen molar-refractivity contribution >= 4 is 24.1 Å². The summed E-state index contributed by atoms with van der Waals surface area (Å²) < 4.78 is 6.27. The number of rotatable bonds is 11. The van der Waals surface area contributed by atoms with Crippen molar-refractivity contribution in [3.63, 3.8) is 0 Å². The second-order valence-electron chi connectivity index (χ2n) is 13.7. The van der Waals surface area contributed by atoms with E-state index in [1.807, 2.05) is 126 Å². The number of aromatic nitrogens is 4. The fraction of sp³-hybridized carbons (Fsp3) is 0.256. The summed E-state index contributed by atoms with van der Waals surface area (Å²) in [7, 11) is 0. The molecule has 8 rings (SSSR count). The molecular formula is C43H42ClN5O3. The number of nitrogens with zero attached hydrogens (tertiary/aromatic N) is 3. The molecule has 4 aromatic carbocycles. The topological polar surface area (TPSA) is 104 Å². The Balaban J connectivity index is 0.00000420. The molecule has 1 saturated carbocycles. The smallest absolute Gasteiger partial charge is 0.227 e. The number of amides is 1. The molecule has 2 aromatic heterocycles. The molecule has 264 valence electrons. The predicted molar refractivity (Wildman–Crippen MR) is 204 cm³/mol. The number of Topliss-reactive ketones (excluding diaryl/α,β-unsaturated/α-hetero) is 1. The van der Waals surface area contributed by atoms with Crippen LogP contribution in [-0.4, -0.2) is 43.1 Å². The molecule has 2 aliphatic rings. The van der Waals surface area contributed by atoms with Gasteiger partial charge in [-0.05, 0) is 78.8 Å². The molecule has 1 saturated heterocycles. The van der Waals surface area contributed by atoms with E-state index >= 15 is 0 Å². The van der Waals surface area contributed by atoms with Crippen LogP contribution in [0.3, 0.4) is 0 Å². The van der Waals surface area contributed by atoms with Crippen LogP contribution in [0, 0.1) is 5.92 Å². The largest absolute Gasteiger partial charge is 0.457 e. The second-order valence-corrected chi connectivity index (χ2v) is 13.7. The summed E-state index contributed by atoms with van der Waals surface area (Å²) in [5.74, 6) is 3.68. The zero-order chi connectivity index (χ0) is 34.6. The first-order valence-electron chi connectivity index (χ1n) is 18.0. The third-order valence-electron chi connectivity index (χ3n) is 10.3. The van der Waals surface area contributed by atoms with Gasteiger partial charge in [-0.25, -0.2) is 9.97 Å². The van der Waals surface area contributed by atoms with Gasteiger partial charge in [0.1, 0.15) is 28.9 Å². The van der Waals surface area contributed by atoms with Gasteiger partial charge in [0.2, 0.25) is 5.91 Å². The summed E-state index contributed by atoms with van der Waals surface area (Å²) in [6.45, 7) is 0.748. The van der Waals surface area contributed by atoms with Gasteiger partial charge in [-0.2, -0.15) is 0 Å². The Labute approximate surface area is 310 Å². The number of carbonyl (C=O) groups is 2. The van der Waals surface area contributed by atoms with Gasteiger partial charge in [0.25, 0.3) is 0 Å². The van der Waals surface area contributed by atoms with Crippen molar-refractivity contribution in [1.82, 2.24) is 24.8 Å². The Morgan fingerprint density at radius 1 is 0.673 bits per heavy atom. The normalized spacial score (nSPS) is 18.2. The van der Waals surface area contributed by atoms with Crippen LogP contribution in [0.5, 0.6) is 11.5 Å². The molecule has 6 aromatic rings. The van der Waals surface area contributed by atoms with Crippen molar-refractivity contribution < 1.29 is 14.3 Å². The first kappa shape index (κ1) is 35.0. The van der Waals surface area contributed by atoms with Crippen molar-refractivity contribution in [3.05, 3.63) is 144 Å². The van der Waals surface area contributed by atoms with Crippen molar-refractivity contribution in [2.24, 2.45) is 5.92 Å². The van der Waals surface area contributed by atoms with Crippen LogP contribution < -0.4 is 4.74 Å². The quantitative estimate of drug-likeness (QED) is 0.139. The van der Waals surface area contributed by atoms with E-state index < -0.39 is 0 Å². The molecular weight excluding hydrogens is 670 g/mol. The highest BCUT2D eigenvalue weighted by molar-refractivity contribution is 5.85. The van der Waals surface area contributed by atoms with Crippen LogP contribution in [0.25, 0.3) is 22.5 Å². The van der Waals surface area contributed by atoms with E-state index in [2.05, 4.69) is 9.97 Å². The Morgan fingerprint density at radius 2 is 1.35 bits per heavy atom. The lowest BCUT2D eigenvalue weighted by atomic mass is 9.88. The van der Waals surface area contributed by atoms with Crippen LogP contribution in [-0.2, 0) is 22.4 Å². The molecule has 1 amide bonds. The number of hydrogen-bond acceptors (Lipinski definition) is 5. The van der Waals surface area contributed by atoms with Crippen molar-refractivity contribution in [2.45, 2.75) is 56.9 Å². The molecule has 52 heavy (non-hydrogen) atoms. The van der Waals surface area contributed by atoms with Gasteiger partial charge in [0, 0.05) is 30.4 Å². The van der Waals surface area contributed by atoms with E-state index in [1.54, 1.807) is 0 Å². The van der Waals surface area contributed by atoms with Gasteiger partial charge in [-0.3, -0.25) is 9.59 Å². The first-order valence-corrected chi connectivity index (χ1v) is 18.0. The van der Waals surface area contributed by atoms with E-state index in [4.69, 9.17) is 14.7 Å². The Morgan fingerprint density at radius 3 is 2.10 bits per heavy atom. The molecule has 1 aliphatic heterocycles. The van der Waals surface area contributed by atoms with Crippen LogP contribution in [0.4, 0.5) is 0 Å². The number of H-pyrrole nitrogens is 2. The summed E-state index contributed by atoms with van der Waals surface area (Å²) in [4.78, 5) is 44.8. The summed E-state index contributed by atoms with van der Waals surface area (Å²) >= 11 is 0. The van der Waals surface area contributed by atoms with Gasteiger partial charge in [0.15, 0.2) is 0 Å². The Bertz CT molecular complexity index is 2110. The number of imidazole rings is 2. The SMILES string of the molecule is Cl.O=C(Cc1ccccc1)C1CCC[C@H]1c1ncc(-c2cccc(Oc3ccc(-c4cnc([C@H]5CCCN5C(=O)Cc5ccccc5)[nH]4)cc3)c2)[nH]1. The monoisotopic (exact) mass is 711 g/mol. The molecule has 1 aliphatic carbocycles. The molecule has 0 bridgehead atoms. The molecule has 8 nitrogen and oxygen atoms in total. The first-order chi connectivity index (χ1) is 25.1. The number of benzene rings is 4. The van der Waals surface area contributed by atoms with Gasteiger partial charge >= 0.3 is 0 Å². The third-order valence-corrected chi connectivity index (χ3v) is 10.3. The summed E-state index contributed by atoms with van der Waals surface area (Å²) in [5.41, 5.74) is 5.87. The average Bonchev–Trinajstić information content (AvgIpc) is 3.99. The van der Waals surface area contributed by atoms with Gasteiger partial charge in [0.05, 0.1) is 36.2 Å². The fourth-order valence-electron chi connectivity index (χ4n) is 7.71. The number of ether oxygens (including phenoxy) is 1.